The average molecular weight is 241 g/mol. The summed E-state index contributed by atoms with van der Waals surface area (Å²) >= 11 is 0. The zero-order valence-electron chi connectivity index (χ0n) is 9.71. The van der Waals surface area contributed by atoms with Crippen molar-refractivity contribution in [2.75, 3.05) is 5.73 Å². The number of hydrogen-bond donors (Lipinski definition) is 2. The highest BCUT2D eigenvalue weighted by atomic mass is 16.1. The molecular weight excluding hydrogens is 230 g/mol. The van der Waals surface area contributed by atoms with Crippen molar-refractivity contribution in [1.29, 1.82) is 0 Å². The number of hydrogen-bond acceptors (Lipinski definition) is 4. The fraction of sp³-hybridized carbons (Fsp3) is 0.0833. The molecule has 0 aliphatic heterocycles. The molecule has 3 N–H and O–H groups in total. The van der Waals surface area contributed by atoms with E-state index in [-0.39, 0.29) is 11.4 Å². The topological polar surface area (TPSA) is 89.6 Å². The van der Waals surface area contributed by atoms with Crippen molar-refractivity contribution in [1.82, 2.24) is 19.7 Å². The zero-order chi connectivity index (χ0) is 12.7. The Morgan fingerprint density at radius 2 is 2.00 bits per heavy atom. The molecule has 2 aromatic heterocycles. The van der Waals surface area contributed by atoms with E-state index in [0.29, 0.717) is 16.9 Å². The molecule has 6 nitrogen and oxygen atoms in total. The number of nitrogens with two attached hydrogens (primary N) is 1. The van der Waals surface area contributed by atoms with Crippen molar-refractivity contribution >= 4 is 16.9 Å². The van der Waals surface area contributed by atoms with Crippen molar-refractivity contribution in [2.24, 2.45) is 7.05 Å². The van der Waals surface area contributed by atoms with Gasteiger partial charge in [0.2, 0.25) is 0 Å². The molecule has 2 heterocycles. The first kappa shape index (κ1) is 10.5. The van der Waals surface area contributed by atoms with E-state index in [4.69, 9.17) is 5.73 Å². The summed E-state index contributed by atoms with van der Waals surface area (Å²) in [5.41, 5.74) is 6.73. The summed E-state index contributed by atoms with van der Waals surface area (Å²) in [6.45, 7) is 0. The second-order valence-electron chi connectivity index (χ2n) is 3.99. The van der Waals surface area contributed by atoms with Crippen LogP contribution < -0.4 is 11.3 Å². The minimum absolute atomic E-state index is 0.195. The Kier molecular flexibility index (Phi) is 2.16. The fourth-order valence-electron chi connectivity index (χ4n) is 1.92. The molecule has 0 spiro atoms. The van der Waals surface area contributed by atoms with Crippen molar-refractivity contribution < 1.29 is 0 Å². The Hall–Kier alpha value is -2.63. The molecule has 6 heteroatoms. The van der Waals surface area contributed by atoms with Crippen LogP contribution in [0.4, 0.5) is 5.82 Å². The number of aromatic nitrogens is 4. The summed E-state index contributed by atoms with van der Waals surface area (Å²) in [5, 5.41) is 4.33. The minimum Gasteiger partial charge on any atom is -0.381 e. The molecule has 0 bridgehead atoms. The van der Waals surface area contributed by atoms with Gasteiger partial charge in [-0.15, -0.1) is 0 Å². The summed E-state index contributed by atoms with van der Waals surface area (Å²) in [7, 11) is 1.71. The molecule has 90 valence electrons. The summed E-state index contributed by atoms with van der Waals surface area (Å²) in [6, 6.07) is 9.43. The monoisotopic (exact) mass is 241 g/mol. The molecule has 0 amide bonds. The van der Waals surface area contributed by atoms with E-state index < -0.39 is 0 Å². The molecule has 3 rings (SSSR count). The van der Waals surface area contributed by atoms with Crippen LogP contribution in [-0.2, 0) is 7.05 Å². The summed E-state index contributed by atoms with van der Waals surface area (Å²) in [4.78, 5) is 19.1. The quantitative estimate of drug-likeness (QED) is 0.662. The number of nitrogens with one attached hydrogen (secondary N) is 1. The number of nitrogens with zero attached hydrogens (tertiary/aromatic N) is 3. The van der Waals surface area contributed by atoms with Crippen LogP contribution in [0.3, 0.4) is 0 Å². The zero-order valence-corrected chi connectivity index (χ0v) is 9.71. The highest BCUT2D eigenvalue weighted by molar-refractivity contribution is 5.86. The maximum absolute atomic E-state index is 12.0. The van der Waals surface area contributed by atoms with Crippen LogP contribution in [0.5, 0.6) is 0 Å². The molecular formula is C12H11N5O. The minimum atomic E-state index is -0.274. The van der Waals surface area contributed by atoms with Crippen molar-refractivity contribution in [3.8, 4) is 11.4 Å². The van der Waals surface area contributed by atoms with E-state index in [1.807, 2.05) is 30.3 Å². The lowest BCUT2D eigenvalue weighted by molar-refractivity contribution is 0.790. The number of nitrogen functional groups attached to an aromatic ring is 1. The second-order valence-corrected chi connectivity index (χ2v) is 3.99. The van der Waals surface area contributed by atoms with Crippen molar-refractivity contribution in [2.45, 2.75) is 0 Å². The Morgan fingerprint density at radius 1 is 1.28 bits per heavy atom. The number of H-pyrrole nitrogens is 1. The predicted octanol–water partition coefficient (Wildman–Crippen LogP) is 0.906. The third-order valence-corrected chi connectivity index (χ3v) is 2.77. The van der Waals surface area contributed by atoms with E-state index in [1.165, 1.54) is 4.68 Å². The van der Waals surface area contributed by atoms with Gasteiger partial charge in [0.15, 0.2) is 11.5 Å². The van der Waals surface area contributed by atoms with Gasteiger partial charge in [-0.3, -0.25) is 4.79 Å². The summed E-state index contributed by atoms with van der Waals surface area (Å²) in [6.07, 6.45) is 0. The summed E-state index contributed by atoms with van der Waals surface area (Å²) < 4.78 is 1.51. The van der Waals surface area contributed by atoms with E-state index in [2.05, 4.69) is 15.1 Å². The Balaban J connectivity index is 2.35. The Bertz CT molecular complexity index is 772. The standard InChI is InChI=1S/C12H11N5O/c1-17-11-8(9(13)16-17)12(18)15-10(14-11)7-5-3-2-4-6-7/h2-6H,1H3,(H2,13,16)(H,14,15,18). The van der Waals surface area contributed by atoms with Crippen LogP contribution in [0.1, 0.15) is 0 Å². The first-order valence-electron chi connectivity index (χ1n) is 5.45. The van der Waals surface area contributed by atoms with Crippen molar-refractivity contribution in [3.63, 3.8) is 0 Å². The molecule has 0 fully saturated rings. The van der Waals surface area contributed by atoms with Gasteiger partial charge in [0.05, 0.1) is 0 Å². The van der Waals surface area contributed by atoms with Crippen LogP contribution in [0.25, 0.3) is 22.4 Å². The number of anilines is 1. The first-order valence-corrected chi connectivity index (χ1v) is 5.45. The number of fused-ring (bicyclic) bond motifs is 1. The van der Waals surface area contributed by atoms with Gasteiger partial charge < -0.3 is 10.7 Å². The number of rotatable bonds is 1. The number of benzene rings is 1. The van der Waals surface area contributed by atoms with Gasteiger partial charge in [-0.25, -0.2) is 9.67 Å². The Labute approximate surface area is 102 Å². The largest absolute Gasteiger partial charge is 0.381 e. The van der Waals surface area contributed by atoms with Crippen molar-refractivity contribution in [3.05, 3.63) is 40.7 Å². The molecule has 18 heavy (non-hydrogen) atoms. The highest BCUT2D eigenvalue weighted by Gasteiger charge is 2.13. The Morgan fingerprint density at radius 3 is 2.72 bits per heavy atom. The van der Waals surface area contributed by atoms with Gasteiger partial charge in [0.1, 0.15) is 11.2 Å². The van der Waals surface area contributed by atoms with Gasteiger partial charge in [-0.05, 0) is 0 Å². The SMILES string of the molecule is Cn1nc(N)c2c(=O)[nH]c(-c3ccccc3)nc21. The molecule has 0 radical (unpaired) electrons. The smallest absolute Gasteiger partial charge is 0.264 e. The highest BCUT2D eigenvalue weighted by Crippen LogP contribution is 2.18. The van der Waals surface area contributed by atoms with Gasteiger partial charge in [-0.2, -0.15) is 5.10 Å². The van der Waals surface area contributed by atoms with E-state index in [9.17, 15) is 4.79 Å². The second kappa shape index (κ2) is 3.69. The number of aryl methyl sites for hydroxylation is 1. The summed E-state index contributed by atoms with van der Waals surface area (Å²) in [5.74, 6) is 0.706. The van der Waals surface area contributed by atoms with E-state index in [0.717, 1.165) is 5.56 Å². The third kappa shape index (κ3) is 1.46. The van der Waals surface area contributed by atoms with Gasteiger partial charge in [0, 0.05) is 12.6 Å². The van der Waals surface area contributed by atoms with Crippen LogP contribution in [0.2, 0.25) is 0 Å². The first-order chi connectivity index (χ1) is 8.66. The van der Waals surface area contributed by atoms with Crippen LogP contribution in [0, 0.1) is 0 Å². The van der Waals surface area contributed by atoms with Crippen LogP contribution in [0.15, 0.2) is 35.1 Å². The predicted molar refractivity (Wildman–Crippen MR) is 69.0 cm³/mol. The third-order valence-electron chi connectivity index (χ3n) is 2.77. The van der Waals surface area contributed by atoms with Gasteiger partial charge in [-0.1, -0.05) is 30.3 Å². The lowest BCUT2D eigenvalue weighted by Crippen LogP contribution is -2.10. The molecule has 0 unspecified atom stereocenters. The van der Waals surface area contributed by atoms with Crippen LogP contribution in [-0.4, -0.2) is 19.7 Å². The maximum atomic E-state index is 12.0. The molecule has 0 saturated carbocycles. The fourth-order valence-corrected chi connectivity index (χ4v) is 1.92. The lowest BCUT2D eigenvalue weighted by atomic mass is 10.2. The number of aromatic amines is 1. The van der Waals surface area contributed by atoms with E-state index >= 15 is 0 Å². The normalized spacial score (nSPS) is 10.9. The average Bonchev–Trinajstić information content (AvgIpc) is 2.66. The van der Waals surface area contributed by atoms with Gasteiger partial charge in [0.25, 0.3) is 5.56 Å². The maximum Gasteiger partial charge on any atom is 0.264 e. The molecule has 0 aliphatic carbocycles. The van der Waals surface area contributed by atoms with E-state index in [1.54, 1.807) is 7.05 Å². The molecule has 0 saturated heterocycles. The van der Waals surface area contributed by atoms with Gasteiger partial charge >= 0.3 is 0 Å². The molecule has 3 aromatic rings. The lowest BCUT2D eigenvalue weighted by Gasteiger charge is -2.01. The molecule has 0 aliphatic rings. The van der Waals surface area contributed by atoms with Crippen LogP contribution >= 0.6 is 0 Å². The molecule has 0 atom stereocenters. The molecule has 1 aromatic carbocycles.